The van der Waals surface area contributed by atoms with E-state index in [2.05, 4.69) is 39.9 Å². The Morgan fingerprint density at radius 2 is 1.94 bits per heavy atom. The van der Waals surface area contributed by atoms with E-state index >= 15 is 0 Å². The van der Waals surface area contributed by atoms with Gasteiger partial charge in [-0.1, -0.05) is 30.3 Å². The summed E-state index contributed by atoms with van der Waals surface area (Å²) in [6.07, 6.45) is 4.65. The first-order valence-electron chi connectivity index (χ1n) is 11.1. The molecule has 0 saturated carbocycles. The number of likely N-dealkylation sites (tertiary alicyclic amines) is 1. The first-order chi connectivity index (χ1) is 15.0. The molecule has 7 heteroatoms. The number of nitrogens with one attached hydrogen (secondary N) is 2. The summed E-state index contributed by atoms with van der Waals surface area (Å²) in [4.78, 5) is 19.0. The molecule has 1 amide bonds. The average molecular weight is 427 g/mol. The summed E-state index contributed by atoms with van der Waals surface area (Å²) in [6, 6.07) is 14.0. The number of guanidine groups is 1. The second-order valence-corrected chi connectivity index (χ2v) is 8.31. The lowest BCUT2D eigenvalue weighted by molar-refractivity contribution is -0.130. The molecule has 0 bridgehead atoms. The summed E-state index contributed by atoms with van der Waals surface area (Å²) in [5.74, 6) is 1.64. The molecule has 3 N–H and O–H groups in total. The number of hydrogen-bond donors (Lipinski definition) is 3. The number of nitrogens with zero attached hydrogens (tertiary/aromatic N) is 2. The van der Waals surface area contributed by atoms with E-state index in [1.165, 1.54) is 11.8 Å². The standard InChI is InChI=1S/C24H34N4O3/c1-3-25-23(27-18-24(2,30)21-10-7-15-31-21)26-17-22(29)28-13-11-20(12-14-28)16-19-8-5-4-6-9-19/h4-10,15,20,30H,3,11-14,16-18H2,1-2H3,(H2,25,26,27). The van der Waals surface area contributed by atoms with E-state index in [9.17, 15) is 9.90 Å². The molecule has 1 aliphatic heterocycles. The maximum Gasteiger partial charge on any atom is 0.244 e. The van der Waals surface area contributed by atoms with Gasteiger partial charge in [0.25, 0.3) is 0 Å². The lowest BCUT2D eigenvalue weighted by Gasteiger charge is -2.32. The van der Waals surface area contributed by atoms with Crippen LogP contribution in [0.5, 0.6) is 0 Å². The van der Waals surface area contributed by atoms with Crippen LogP contribution in [0.2, 0.25) is 0 Å². The molecule has 1 unspecified atom stereocenters. The molecule has 2 aromatic rings. The summed E-state index contributed by atoms with van der Waals surface area (Å²) in [6.45, 7) is 6.15. The van der Waals surface area contributed by atoms with Crippen LogP contribution in [0.1, 0.15) is 38.0 Å². The summed E-state index contributed by atoms with van der Waals surface area (Å²) in [7, 11) is 0. The number of aliphatic hydroxyl groups is 1. The SMILES string of the molecule is CCNC(=NCC(=O)N1CCC(Cc2ccccc2)CC1)NCC(C)(O)c1ccco1. The second kappa shape index (κ2) is 11.0. The number of carbonyl (C=O) groups is 1. The molecular formula is C24H34N4O3. The van der Waals surface area contributed by atoms with Crippen molar-refractivity contribution >= 4 is 11.9 Å². The largest absolute Gasteiger partial charge is 0.466 e. The van der Waals surface area contributed by atoms with Crippen LogP contribution in [-0.2, 0) is 16.8 Å². The number of amides is 1. The number of carbonyl (C=O) groups excluding carboxylic acids is 1. The Balaban J connectivity index is 1.46. The van der Waals surface area contributed by atoms with E-state index in [1.807, 2.05) is 17.9 Å². The second-order valence-electron chi connectivity index (χ2n) is 8.31. The zero-order chi connectivity index (χ0) is 22.1. The Bertz CT molecular complexity index is 826. The van der Waals surface area contributed by atoms with E-state index in [1.54, 1.807) is 19.1 Å². The van der Waals surface area contributed by atoms with Gasteiger partial charge in [0.05, 0.1) is 12.8 Å². The molecule has 1 aromatic carbocycles. The van der Waals surface area contributed by atoms with Crippen LogP contribution < -0.4 is 10.6 Å². The number of rotatable bonds is 8. The summed E-state index contributed by atoms with van der Waals surface area (Å²) in [5, 5.41) is 16.8. The molecule has 7 nitrogen and oxygen atoms in total. The molecule has 3 rings (SSSR count). The van der Waals surface area contributed by atoms with Crippen LogP contribution in [0.4, 0.5) is 0 Å². The predicted molar refractivity (Wildman–Crippen MR) is 122 cm³/mol. The Morgan fingerprint density at radius 1 is 1.19 bits per heavy atom. The first kappa shape index (κ1) is 22.9. The molecule has 31 heavy (non-hydrogen) atoms. The lowest BCUT2D eigenvalue weighted by atomic mass is 9.90. The molecule has 1 atom stereocenters. The Hall–Kier alpha value is -2.80. The van der Waals surface area contributed by atoms with Gasteiger partial charge < -0.3 is 25.1 Å². The highest BCUT2D eigenvalue weighted by Gasteiger charge is 2.27. The van der Waals surface area contributed by atoms with Crippen LogP contribution in [0.15, 0.2) is 58.1 Å². The smallest absolute Gasteiger partial charge is 0.244 e. The number of benzene rings is 1. The van der Waals surface area contributed by atoms with Gasteiger partial charge in [-0.25, -0.2) is 4.99 Å². The van der Waals surface area contributed by atoms with Crippen molar-refractivity contribution in [1.29, 1.82) is 0 Å². The molecule has 0 radical (unpaired) electrons. The summed E-state index contributed by atoms with van der Waals surface area (Å²) < 4.78 is 5.30. The van der Waals surface area contributed by atoms with Crippen LogP contribution >= 0.6 is 0 Å². The van der Waals surface area contributed by atoms with Gasteiger partial charge in [-0.15, -0.1) is 0 Å². The highest BCUT2D eigenvalue weighted by atomic mass is 16.4. The zero-order valence-electron chi connectivity index (χ0n) is 18.5. The highest BCUT2D eigenvalue weighted by Crippen LogP contribution is 2.22. The number of furan rings is 1. The normalized spacial score (nSPS) is 17.3. The van der Waals surface area contributed by atoms with Gasteiger partial charge in [0.1, 0.15) is 17.9 Å². The summed E-state index contributed by atoms with van der Waals surface area (Å²) in [5.41, 5.74) is 0.188. The maximum atomic E-state index is 12.7. The van der Waals surface area contributed by atoms with Crippen LogP contribution in [0.3, 0.4) is 0 Å². The Kier molecular flexibility index (Phi) is 8.12. The summed E-state index contributed by atoms with van der Waals surface area (Å²) >= 11 is 0. The number of piperidine rings is 1. The van der Waals surface area contributed by atoms with Crippen molar-refractivity contribution < 1.29 is 14.3 Å². The fourth-order valence-electron chi connectivity index (χ4n) is 3.85. The third-order valence-electron chi connectivity index (χ3n) is 5.70. The fourth-order valence-corrected chi connectivity index (χ4v) is 3.85. The lowest BCUT2D eigenvalue weighted by Crippen LogP contribution is -2.45. The fraction of sp³-hybridized carbons (Fsp3) is 0.500. The van der Waals surface area contributed by atoms with Crippen LogP contribution in [0.25, 0.3) is 0 Å². The average Bonchev–Trinajstić information content (AvgIpc) is 3.33. The quantitative estimate of drug-likeness (QED) is 0.446. The van der Waals surface area contributed by atoms with Crippen molar-refractivity contribution in [3.05, 3.63) is 60.1 Å². The predicted octanol–water partition coefficient (Wildman–Crippen LogP) is 2.52. The number of hydrogen-bond acceptors (Lipinski definition) is 4. The molecule has 0 aliphatic carbocycles. The van der Waals surface area contributed by atoms with E-state index in [4.69, 9.17) is 4.42 Å². The minimum atomic E-state index is -1.18. The van der Waals surface area contributed by atoms with Gasteiger partial charge in [0.15, 0.2) is 5.96 Å². The Morgan fingerprint density at radius 3 is 2.58 bits per heavy atom. The van der Waals surface area contributed by atoms with Crippen molar-refractivity contribution in [2.75, 3.05) is 32.7 Å². The van der Waals surface area contributed by atoms with Crippen LogP contribution in [0, 0.1) is 5.92 Å². The van der Waals surface area contributed by atoms with Gasteiger partial charge in [-0.2, -0.15) is 0 Å². The monoisotopic (exact) mass is 426 g/mol. The van der Waals surface area contributed by atoms with Gasteiger partial charge in [0, 0.05) is 19.6 Å². The molecule has 1 fully saturated rings. The molecule has 1 aromatic heterocycles. The molecule has 1 aliphatic rings. The van der Waals surface area contributed by atoms with Crippen molar-refractivity contribution in [2.24, 2.45) is 10.9 Å². The zero-order valence-corrected chi connectivity index (χ0v) is 18.5. The van der Waals surface area contributed by atoms with E-state index in [0.717, 1.165) is 32.4 Å². The van der Waals surface area contributed by atoms with Crippen LogP contribution in [-0.4, -0.2) is 54.6 Å². The minimum Gasteiger partial charge on any atom is -0.466 e. The van der Waals surface area contributed by atoms with E-state index in [-0.39, 0.29) is 19.0 Å². The third kappa shape index (κ3) is 6.85. The van der Waals surface area contributed by atoms with Crippen molar-refractivity contribution in [3.8, 4) is 0 Å². The molecule has 1 saturated heterocycles. The molecule has 168 valence electrons. The molecule has 0 spiro atoms. The van der Waals surface area contributed by atoms with Gasteiger partial charge in [-0.05, 0) is 56.7 Å². The number of aliphatic imine (C=N–C) groups is 1. The molecule has 2 heterocycles. The van der Waals surface area contributed by atoms with Gasteiger partial charge in [0.2, 0.25) is 5.91 Å². The van der Waals surface area contributed by atoms with Gasteiger partial charge >= 0.3 is 0 Å². The first-order valence-corrected chi connectivity index (χ1v) is 11.1. The van der Waals surface area contributed by atoms with E-state index < -0.39 is 5.60 Å². The topological polar surface area (TPSA) is 90.1 Å². The van der Waals surface area contributed by atoms with Crippen molar-refractivity contribution in [2.45, 2.75) is 38.7 Å². The van der Waals surface area contributed by atoms with Crippen molar-refractivity contribution in [3.63, 3.8) is 0 Å². The van der Waals surface area contributed by atoms with Crippen molar-refractivity contribution in [1.82, 2.24) is 15.5 Å². The van der Waals surface area contributed by atoms with Gasteiger partial charge in [-0.3, -0.25) is 4.79 Å². The third-order valence-corrected chi connectivity index (χ3v) is 5.70. The highest BCUT2D eigenvalue weighted by molar-refractivity contribution is 5.85. The minimum absolute atomic E-state index is 0.0353. The molecular weight excluding hydrogens is 392 g/mol. The Labute approximate surface area is 184 Å². The van der Waals surface area contributed by atoms with E-state index in [0.29, 0.717) is 24.2 Å². The maximum absolute atomic E-state index is 12.7.